The molecule has 0 spiro atoms. The van der Waals surface area contributed by atoms with Gasteiger partial charge >= 0.3 is 0 Å². The van der Waals surface area contributed by atoms with Crippen LogP contribution < -0.4 is 5.73 Å². The van der Waals surface area contributed by atoms with Crippen molar-refractivity contribution >= 4 is 5.65 Å². The van der Waals surface area contributed by atoms with Crippen LogP contribution in [0.1, 0.15) is 18.9 Å². The number of aromatic nitrogens is 3. The Balaban J connectivity index is 2.34. The highest BCUT2D eigenvalue weighted by molar-refractivity contribution is 5.66. The van der Waals surface area contributed by atoms with Gasteiger partial charge in [0.1, 0.15) is 17.2 Å². The molecule has 2 aromatic heterocycles. The van der Waals surface area contributed by atoms with Gasteiger partial charge in [-0.05, 0) is 24.6 Å². The minimum atomic E-state index is -1.60. The van der Waals surface area contributed by atoms with Crippen LogP contribution in [0.15, 0.2) is 42.7 Å². The number of benzene rings is 1. The van der Waals surface area contributed by atoms with Crippen LogP contribution in [0.4, 0.5) is 4.39 Å². The molecule has 0 unspecified atom stereocenters. The number of nitrogens with two attached hydrogens (primary N) is 1. The Morgan fingerprint density at radius 1 is 1.38 bits per heavy atom. The van der Waals surface area contributed by atoms with E-state index in [1.165, 1.54) is 10.6 Å². The Labute approximate surface area is 120 Å². The molecule has 108 valence electrons. The second kappa shape index (κ2) is 4.91. The van der Waals surface area contributed by atoms with Crippen molar-refractivity contribution in [3.8, 4) is 11.3 Å². The van der Waals surface area contributed by atoms with Crippen molar-refractivity contribution in [3.05, 3.63) is 54.1 Å². The highest BCUT2D eigenvalue weighted by Crippen LogP contribution is 2.31. The summed E-state index contributed by atoms with van der Waals surface area (Å²) in [5, 5.41) is 14.8. The van der Waals surface area contributed by atoms with E-state index in [1.54, 1.807) is 43.6 Å². The average Bonchev–Trinajstić information content (AvgIpc) is 2.94. The lowest BCUT2D eigenvalue weighted by Crippen LogP contribution is -2.36. The topological polar surface area (TPSA) is 76.4 Å². The van der Waals surface area contributed by atoms with Gasteiger partial charge in [-0.3, -0.25) is 5.73 Å². The third kappa shape index (κ3) is 2.28. The molecular formula is C15H15FN4O. The number of hydrogen-bond acceptors (Lipinski definition) is 4. The number of nitrogens with zero attached hydrogens (tertiary/aromatic N) is 3. The molecule has 0 amide bonds. The molecule has 0 fully saturated rings. The number of imidazole rings is 1. The van der Waals surface area contributed by atoms with E-state index in [1.807, 2.05) is 0 Å². The summed E-state index contributed by atoms with van der Waals surface area (Å²) in [6, 6.07) is 7.90. The van der Waals surface area contributed by atoms with Crippen molar-refractivity contribution in [3.63, 3.8) is 0 Å². The van der Waals surface area contributed by atoms with E-state index in [-0.39, 0.29) is 6.42 Å². The molecule has 0 radical (unpaired) electrons. The van der Waals surface area contributed by atoms with Gasteiger partial charge in [0.05, 0.1) is 0 Å². The largest absolute Gasteiger partial charge is 0.372 e. The second-order valence-electron chi connectivity index (χ2n) is 4.89. The first kappa shape index (κ1) is 13.7. The molecule has 0 saturated heterocycles. The van der Waals surface area contributed by atoms with Crippen LogP contribution in [0.3, 0.4) is 0 Å². The fourth-order valence-corrected chi connectivity index (χ4v) is 2.23. The summed E-state index contributed by atoms with van der Waals surface area (Å²) < 4.78 is 15.6. The lowest BCUT2D eigenvalue weighted by Gasteiger charge is -2.24. The second-order valence-corrected chi connectivity index (χ2v) is 4.89. The first-order valence-electron chi connectivity index (χ1n) is 6.64. The van der Waals surface area contributed by atoms with Crippen molar-refractivity contribution in [2.75, 3.05) is 0 Å². The zero-order valence-corrected chi connectivity index (χ0v) is 11.5. The lowest BCUT2D eigenvalue weighted by atomic mass is 9.96. The zero-order valence-electron chi connectivity index (χ0n) is 11.5. The van der Waals surface area contributed by atoms with Gasteiger partial charge in [-0.2, -0.15) is 5.10 Å². The predicted octanol–water partition coefficient (Wildman–Crippen LogP) is 2.05. The first-order chi connectivity index (χ1) is 10.0. The summed E-state index contributed by atoms with van der Waals surface area (Å²) in [5.74, 6) is -0.419. The summed E-state index contributed by atoms with van der Waals surface area (Å²) in [6.07, 6.45) is 3.51. The van der Waals surface area contributed by atoms with Gasteiger partial charge in [0.15, 0.2) is 5.65 Å². The first-order valence-corrected chi connectivity index (χ1v) is 6.64. The number of fused-ring (bicyclic) bond motifs is 1. The van der Waals surface area contributed by atoms with Gasteiger partial charge in [0, 0.05) is 23.5 Å². The highest BCUT2D eigenvalue weighted by atomic mass is 19.1. The number of rotatable bonds is 3. The summed E-state index contributed by atoms with van der Waals surface area (Å²) in [7, 11) is 0. The van der Waals surface area contributed by atoms with E-state index >= 15 is 0 Å². The molecule has 6 heteroatoms. The summed E-state index contributed by atoms with van der Waals surface area (Å²) >= 11 is 0. The molecule has 0 bridgehead atoms. The summed E-state index contributed by atoms with van der Waals surface area (Å²) in [5.41, 5.74) is 5.84. The molecule has 0 aliphatic carbocycles. The lowest BCUT2D eigenvalue weighted by molar-refractivity contribution is 0.0397. The van der Waals surface area contributed by atoms with Crippen molar-refractivity contribution in [1.82, 2.24) is 14.6 Å². The third-order valence-corrected chi connectivity index (χ3v) is 3.52. The Bertz CT molecular complexity index is 797. The van der Waals surface area contributed by atoms with Gasteiger partial charge in [0.25, 0.3) is 0 Å². The van der Waals surface area contributed by atoms with E-state index in [4.69, 9.17) is 5.73 Å². The third-order valence-electron chi connectivity index (χ3n) is 3.52. The Hall–Kier alpha value is -2.31. The van der Waals surface area contributed by atoms with Crippen molar-refractivity contribution in [1.29, 1.82) is 0 Å². The van der Waals surface area contributed by atoms with E-state index < -0.39 is 11.5 Å². The molecule has 2 heterocycles. The smallest absolute Gasteiger partial charge is 0.153 e. The maximum Gasteiger partial charge on any atom is 0.153 e. The van der Waals surface area contributed by atoms with Gasteiger partial charge in [-0.1, -0.05) is 19.1 Å². The number of aliphatic hydroxyl groups is 1. The molecule has 5 nitrogen and oxygen atoms in total. The fourth-order valence-electron chi connectivity index (χ4n) is 2.23. The molecular weight excluding hydrogens is 271 g/mol. The van der Waals surface area contributed by atoms with Crippen molar-refractivity contribution < 1.29 is 9.50 Å². The summed E-state index contributed by atoms with van der Waals surface area (Å²) in [4.78, 5) is 4.12. The monoisotopic (exact) mass is 286 g/mol. The molecule has 3 aromatic rings. The molecule has 1 aromatic carbocycles. The van der Waals surface area contributed by atoms with Crippen LogP contribution in [-0.2, 0) is 5.72 Å². The highest BCUT2D eigenvalue weighted by Gasteiger charge is 2.28. The van der Waals surface area contributed by atoms with E-state index in [0.717, 1.165) is 0 Å². The maximum atomic E-state index is 14.1. The van der Waals surface area contributed by atoms with Gasteiger partial charge < -0.3 is 5.11 Å². The Morgan fingerprint density at radius 3 is 2.86 bits per heavy atom. The maximum absolute atomic E-state index is 14.1. The SMILES string of the molecule is CC[C@](N)(O)c1cc2nccn2nc1-c1ccccc1F. The Morgan fingerprint density at radius 2 is 2.14 bits per heavy atom. The molecule has 0 saturated carbocycles. The Kier molecular flexibility index (Phi) is 3.19. The van der Waals surface area contributed by atoms with E-state index in [0.29, 0.717) is 22.5 Å². The van der Waals surface area contributed by atoms with Crippen molar-refractivity contribution in [2.24, 2.45) is 5.73 Å². The number of halogens is 1. The average molecular weight is 286 g/mol. The molecule has 3 rings (SSSR count). The van der Waals surface area contributed by atoms with Crippen LogP contribution >= 0.6 is 0 Å². The van der Waals surface area contributed by atoms with Crippen LogP contribution in [0.5, 0.6) is 0 Å². The minimum Gasteiger partial charge on any atom is -0.372 e. The zero-order chi connectivity index (χ0) is 15.0. The normalized spacial score (nSPS) is 14.3. The van der Waals surface area contributed by atoms with Crippen LogP contribution in [-0.4, -0.2) is 19.7 Å². The van der Waals surface area contributed by atoms with E-state index in [9.17, 15) is 9.50 Å². The molecule has 0 aliphatic heterocycles. The van der Waals surface area contributed by atoms with Gasteiger partial charge in [0.2, 0.25) is 0 Å². The molecule has 3 N–H and O–H groups in total. The van der Waals surface area contributed by atoms with Crippen LogP contribution in [0.2, 0.25) is 0 Å². The molecule has 21 heavy (non-hydrogen) atoms. The summed E-state index contributed by atoms with van der Waals surface area (Å²) in [6.45, 7) is 1.75. The van der Waals surface area contributed by atoms with Crippen molar-refractivity contribution in [2.45, 2.75) is 19.1 Å². The van der Waals surface area contributed by atoms with Crippen LogP contribution in [0, 0.1) is 5.82 Å². The standard InChI is InChI=1S/C15H15FN4O/c1-2-15(17,21)11-9-13-18-7-8-20(13)19-14(11)10-5-3-4-6-12(10)16/h3-9,21H,2,17H2,1H3/t15-/m0/s1. The van der Waals surface area contributed by atoms with Gasteiger partial charge in [-0.25, -0.2) is 13.9 Å². The predicted molar refractivity (Wildman–Crippen MR) is 76.8 cm³/mol. The fraction of sp³-hybridized carbons (Fsp3) is 0.200. The van der Waals surface area contributed by atoms with Crippen LogP contribution in [0.25, 0.3) is 16.9 Å². The number of hydrogen-bond donors (Lipinski definition) is 2. The minimum absolute atomic E-state index is 0.271. The molecule has 0 aliphatic rings. The quantitative estimate of drug-likeness (QED) is 0.722. The van der Waals surface area contributed by atoms with Gasteiger partial charge in [-0.15, -0.1) is 0 Å². The molecule has 1 atom stereocenters. The van der Waals surface area contributed by atoms with E-state index in [2.05, 4.69) is 10.1 Å².